The van der Waals surface area contributed by atoms with Crippen LogP contribution in [-0.2, 0) is 9.47 Å². The van der Waals surface area contributed by atoms with Crippen LogP contribution in [0, 0.1) is 0 Å². The third-order valence-corrected chi connectivity index (χ3v) is 2.76. The van der Waals surface area contributed by atoms with Crippen molar-refractivity contribution in [3.63, 3.8) is 0 Å². The molecular weight excluding hydrogens is 178 g/mol. The van der Waals surface area contributed by atoms with E-state index in [1.807, 2.05) is 0 Å². The predicted molar refractivity (Wildman–Crippen MR) is 57.2 cm³/mol. The molecule has 1 rings (SSSR count). The van der Waals surface area contributed by atoms with E-state index >= 15 is 0 Å². The first kappa shape index (κ1) is 12.0. The molecule has 0 saturated carbocycles. The largest absolute Gasteiger partial charge is 0.375 e. The van der Waals surface area contributed by atoms with Crippen molar-refractivity contribution in [1.82, 2.24) is 0 Å². The van der Waals surface area contributed by atoms with Crippen LogP contribution >= 0.6 is 0 Å². The first-order valence-electron chi connectivity index (χ1n) is 5.66. The molecule has 3 atom stereocenters. The van der Waals surface area contributed by atoms with Gasteiger partial charge in [0.2, 0.25) is 0 Å². The molecule has 1 fully saturated rings. The summed E-state index contributed by atoms with van der Waals surface area (Å²) in [6.07, 6.45) is 4.19. The Bertz CT molecular complexity index is 149. The third kappa shape index (κ3) is 3.56. The molecule has 0 amide bonds. The van der Waals surface area contributed by atoms with Gasteiger partial charge in [-0.05, 0) is 33.1 Å². The van der Waals surface area contributed by atoms with E-state index in [9.17, 15) is 0 Å². The fourth-order valence-electron chi connectivity index (χ4n) is 2.05. The van der Waals surface area contributed by atoms with Gasteiger partial charge in [-0.2, -0.15) is 0 Å². The molecule has 0 aromatic carbocycles. The van der Waals surface area contributed by atoms with E-state index in [1.165, 1.54) is 0 Å². The molecule has 1 saturated heterocycles. The summed E-state index contributed by atoms with van der Waals surface area (Å²) in [5.74, 6) is 0. The lowest BCUT2D eigenvalue weighted by Gasteiger charge is -2.33. The molecule has 0 spiro atoms. The number of hydrogen-bond donors (Lipinski definition) is 1. The van der Waals surface area contributed by atoms with E-state index in [2.05, 4.69) is 20.8 Å². The Balaban J connectivity index is 2.35. The zero-order valence-corrected chi connectivity index (χ0v) is 9.53. The average molecular weight is 201 g/mol. The number of hydrogen-bond acceptors (Lipinski definition) is 3. The third-order valence-electron chi connectivity index (χ3n) is 2.76. The fraction of sp³-hybridized carbons (Fsp3) is 1.00. The minimum absolute atomic E-state index is 0.220. The zero-order chi connectivity index (χ0) is 10.6. The van der Waals surface area contributed by atoms with Crippen molar-refractivity contribution >= 4 is 0 Å². The summed E-state index contributed by atoms with van der Waals surface area (Å²) < 4.78 is 11.6. The van der Waals surface area contributed by atoms with E-state index in [1.54, 1.807) is 0 Å². The maximum absolute atomic E-state index is 5.93. The highest BCUT2D eigenvalue weighted by atomic mass is 16.5. The van der Waals surface area contributed by atoms with Gasteiger partial charge in [0.25, 0.3) is 0 Å². The van der Waals surface area contributed by atoms with Crippen LogP contribution in [0.15, 0.2) is 0 Å². The van der Waals surface area contributed by atoms with Crippen molar-refractivity contribution in [2.75, 3.05) is 6.54 Å². The SMILES string of the molecule is CCC(CN)OC1CC(C)OC(C)C1. The van der Waals surface area contributed by atoms with Crippen LogP contribution in [0.2, 0.25) is 0 Å². The fourth-order valence-corrected chi connectivity index (χ4v) is 2.05. The molecule has 84 valence electrons. The second kappa shape index (κ2) is 5.69. The quantitative estimate of drug-likeness (QED) is 0.753. The lowest BCUT2D eigenvalue weighted by Crippen LogP contribution is -2.38. The molecule has 0 radical (unpaired) electrons. The maximum Gasteiger partial charge on any atom is 0.0698 e. The monoisotopic (exact) mass is 201 g/mol. The number of nitrogens with two attached hydrogens (primary N) is 1. The maximum atomic E-state index is 5.93. The molecule has 3 nitrogen and oxygen atoms in total. The Hall–Kier alpha value is -0.120. The second-order valence-corrected chi connectivity index (χ2v) is 4.25. The van der Waals surface area contributed by atoms with Gasteiger partial charge < -0.3 is 15.2 Å². The molecule has 14 heavy (non-hydrogen) atoms. The van der Waals surface area contributed by atoms with E-state index in [4.69, 9.17) is 15.2 Å². The van der Waals surface area contributed by atoms with Crippen molar-refractivity contribution in [2.45, 2.75) is 64.4 Å². The summed E-state index contributed by atoms with van der Waals surface area (Å²) in [4.78, 5) is 0. The van der Waals surface area contributed by atoms with Gasteiger partial charge in [0, 0.05) is 6.54 Å². The number of rotatable bonds is 4. The normalized spacial score (nSPS) is 35.6. The van der Waals surface area contributed by atoms with E-state index in [-0.39, 0.29) is 6.10 Å². The van der Waals surface area contributed by atoms with Crippen molar-refractivity contribution in [2.24, 2.45) is 5.73 Å². The molecule has 1 aliphatic heterocycles. The van der Waals surface area contributed by atoms with Crippen LogP contribution < -0.4 is 5.73 Å². The van der Waals surface area contributed by atoms with Crippen LogP contribution in [0.1, 0.15) is 40.0 Å². The van der Waals surface area contributed by atoms with E-state index in [0.717, 1.165) is 19.3 Å². The molecule has 1 heterocycles. The molecule has 0 aromatic rings. The van der Waals surface area contributed by atoms with Crippen molar-refractivity contribution in [3.05, 3.63) is 0 Å². The lowest BCUT2D eigenvalue weighted by atomic mass is 10.0. The molecule has 1 aliphatic rings. The summed E-state index contributed by atoms with van der Waals surface area (Å²) in [6.45, 7) is 6.95. The van der Waals surface area contributed by atoms with Crippen molar-refractivity contribution in [1.29, 1.82) is 0 Å². The number of ether oxygens (including phenoxy) is 2. The summed E-state index contributed by atoms with van der Waals surface area (Å²) in [5, 5.41) is 0. The van der Waals surface area contributed by atoms with Crippen LogP contribution in [0.5, 0.6) is 0 Å². The first-order valence-corrected chi connectivity index (χ1v) is 5.66. The average Bonchev–Trinajstić information content (AvgIpc) is 2.12. The minimum Gasteiger partial charge on any atom is -0.375 e. The molecule has 2 N–H and O–H groups in total. The van der Waals surface area contributed by atoms with Gasteiger partial charge in [-0.3, -0.25) is 0 Å². The molecule has 0 aromatic heterocycles. The minimum atomic E-state index is 0.220. The van der Waals surface area contributed by atoms with Gasteiger partial charge in [-0.15, -0.1) is 0 Å². The van der Waals surface area contributed by atoms with Crippen LogP contribution in [0.3, 0.4) is 0 Å². The Morgan fingerprint density at radius 1 is 1.36 bits per heavy atom. The standard InChI is InChI=1S/C11H23NO2/c1-4-10(7-12)14-11-5-8(2)13-9(3)6-11/h8-11H,4-7,12H2,1-3H3. The van der Waals surface area contributed by atoms with Crippen molar-refractivity contribution < 1.29 is 9.47 Å². The highest BCUT2D eigenvalue weighted by molar-refractivity contribution is 4.75. The molecule has 0 bridgehead atoms. The predicted octanol–water partition coefficient (Wildman–Crippen LogP) is 1.70. The zero-order valence-electron chi connectivity index (χ0n) is 9.53. The van der Waals surface area contributed by atoms with Gasteiger partial charge in [0.15, 0.2) is 0 Å². The van der Waals surface area contributed by atoms with Gasteiger partial charge in [-0.1, -0.05) is 6.92 Å². The lowest BCUT2D eigenvalue weighted by molar-refractivity contribution is -0.120. The Morgan fingerprint density at radius 2 is 1.93 bits per heavy atom. The van der Waals surface area contributed by atoms with Gasteiger partial charge in [-0.25, -0.2) is 0 Å². The molecule has 3 heteroatoms. The Morgan fingerprint density at radius 3 is 2.36 bits per heavy atom. The van der Waals surface area contributed by atoms with Gasteiger partial charge >= 0.3 is 0 Å². The smallest absolute Gasteiger partial charge is 0.0698 e. The Kier molecular flexibility index (Phi) is 4.85. The van der Waals surface area contributed by atoms with E-state index < -0.39 is 0 Å². The van der Waals surface area contributed by atoms with Crippen LogP contribution in [0.25, 0.3) is 0 Å². The summed E-state index contributed by atoms with van der Waals surface area (Å²) in [5.41, 5.74) is 5.61. The van der Waals surface area contributed by atoms with Crippen LogP contribution in [-0.4, -0.2) is 31.0 Å². The molecular formula is C11H23NO2. The highest BCUT2D eigenvalue weighted by Crippen LogP contribution is 2.22. The highest BCUT2D eigenvalue weighted by Gasteiger charge is 2.26. The summed E-state index contributed by atoms with van der Waals surface area (Å²) >= 11 is 0. The summed E-state index contributed by atoms with van der Waals surface area (Å²) in [7, 11) is 0. The van der Waals surface area contributed by atoms with Crippen molar-refractivity contribution in [3.8, 4) is 0 Å². The second-order valence-electron chi connectivity index (χ2n) is 4.25. The summed E-state index contributed by atoms with van der Waals surface area (Å²) in [6, 6.07) is 0. The first-order chi connectivity index (χ1) is 6.65. The molecule has 0 aliphatic carbocycles. The van der Waals surface area contributed by atoms with Gasteiger partial charge in [0.05, 0.1) is 24.4 Å². The van der Waals surface area contributed by atoms with E-state index in [0.29, 0.717) is 24.9 Å². The van der Waals surface area contributed by atoms with Gasteiger partial charge in [0.1, 0.15) is 0 Å². The molecule has 3 unspecified atom stereocenters. The van der Waals surface area contributed by atoms with Crippen LogP contribution in [0.4, 0.5) is 0 Å². The Labute approximate surface area is 86.9 Å². The topological polar surface area (TPSA) is 44.5 Å².